The van der Waals surface area contributed by atoms with Gasteiger partial charge in [-0.2, -0.15) is 0 Å². The molecule has 0 radical (unpaired) electrons. The van der Waals surface area contributed by atoms with E-state index in [1.165, 1.54) is 0 Å². The van der Waals surface area contributed by atoms with Crippen molar-refractivity contribution in [3.05, 3.63) is 59.7 Å². The summed E-state index contributed by atoms with van der Waals surface area (Å²) in [5, 5.41) is 2.68. The van der Waals surface area contributed by atoms with Crippen LogP contribution in [-0.4, -0.2) is 6.09 Å². The topological polar surface area (TPSA) is 38.3 Å². The summed E-state index contributed by atoms with van der Waals surface area (Å²) in [6, 6.07) is 14.9. The Morgan fingerprint density at radius 3 is 2.39 bits per heavy atom. The van der Waals surface area contributed by atoms with Crippen LogP contribution in [0.1, 0.15) is 11.1 Å². The molecule has 0 atom stereocenters. The van der Waals surface area contributed by atoms with Gasteiger partial charge in [-0.05, 0) is 43.7 Å². The standard InChI is InChI=1S/C15H15NO2/c1-11-6-8-13(9-7-11)16-15(17)18-14-5-3-4-12(2)10-14/h3-10H,1-2H3,(H,16,17). The average molecular weight is 241 g/mol. The number of anilines is 1. The largest absolute Gasteiger partial charge is 0.417 e. The van der Waals surface area contributed by atoms with Crippen molar-refractivity contribution in [3.63, 3.8) is 0 Å². The van der Waals surface area contributed by atoms with Crippen molar-refractivity contribution in [2.75, 3.05) is 5.32 Å². The van der Waals surface area contributed by atoms with Gasteiger partial charge in [-0.25, -0.2) is 4.79 Å². The van der Waals surface area contributed by atoms with Crippen LogP contribution >= 0.6 is 0 Å². The summed E-state index contributed by atoms with van der Waals surface area (Å²) in [6.07, 6.45) is -0.482. The Kier molecular flexibility index (Phi) is 3.63. The van der Waals surface area contributed by atoms with E-state index in [9.17, 15) is 4.79 Å². The Morgan fingerprint density at radius 1 is 1.00 bits per heavy atom. The number of carbonyl (C=O) groups is 1. The number of nitrogens with one attached hydrogen (secondary N) is 1. The van der Waals surface area contributed by atoms with Crippen molar-refractivity contribution < 1.29 is 9.53 Å². The van der Waals surface area contributed by atoms with Crippen LogP contribution in [-0.2, 0) is 0 Å². The molecule has 2 aromatic carbocycles. The SMILES string of the molecule is Cc1ccc(NC(=O)Oc2cccc(C)c2)cc1. The van der Waals surface area contributed by atoms with Gasteiger partial charge in [-0.3, -0.25) is 5.32 Å². The lowest BCUT2D eigenvalue weighted by Gasteiger charge is -2.07. The first-order valence-corrected chi connectivity index (χ1v) is 5.76. The van der Waals surface area contributed by atoms with E-state index >= 15 is 0 Å². The molecular formula is C15H15NO2. The van der Waals surface area contributed by atoms with Crippen LogP contribution in [0.3, 0.4) is 0 Å². The van der Waals surface area contributed by atoms with Crippen molar-refractivity contribution in [2.24, 2.45) is 0 Å². The number of hydrogen-bond acceptors (Lipinski definition) is 2. The Hall–Kier alpha value is -2.29. The van der Waals surface area contributed by atoms with E-state index in [1.54, 1.807) is 6.07 Å². The van der Waals surface area contributed by atoms with Crippen molar-refractivity contribution in [1.29, 1.82) is 0 Å². The fourth-order valence-electron chi connectivity index (χ4n) is 1.57. The highest BCUT2D eigenvalue weighted by Crippen LogP contribution is 2.14. The summed E-state index contributed by atoms with van der Waals surface area (Å²) in [5.41, 5.74) is 2.92. The second-order valence-corrected chi connectivity index (χ2v) is 4.20. The lowest BCUT2D eigenvalue weighted by atomic mass is 10.2. The summed E-state index contributed by atoms with van der Waals surface area (Å²) in [6.45, 7) is 3.94. The number of ether oxygens (including phenoxy) is 1. The highest BCUT2D eigenvalue weighted by Gasteiger charge is 2.04. The van der Waals surface area contributed by atoms with E-state index in [0.717, 1.165) is 16.8 Å². The van der Waals surface area contributed by atoms with Crippen molar-refractivity contribution >= 4 is 11.8 Å². The van der Waals surface area contributed by atoms with Gasteiger partial charge in [0.15, 0.2) is 0 Å². The maximum atomic E-state index is 11.6. The van der Waals surface area contributed by atoms with E-state index in [1.807, 2.05) is 56.3 Å². The predicted octanol–water partition coefficient (Wildman–Crippen LogP) is 3.91. The molecule has 18 heavy (non-hydrogen) atoms. The summed E-state index contributed by atoms with van der Waals surface area (Å²) >= 11 is 0. The smallest absolute Gasteiger partial charge is 0.410 e. The fraction of sp³-hybridized carbons (Fsp3) is 0.133. The van der Waals surface area contributed by atoms with Gasteiger partial charge in [0.2, 0.25) is 0 Å². The fourth-order valence-corrected chi connectivity index (χ4v) is 1.57. The molecule has 1 N–H and O–H groups in total. The summed E-state index contributed by atoms with van der Waals surface area (Å²) in [7, 11) is 0. The Morgan fingerprint density at radius 2 is 1.72 bits per heavy atom. The minimum Gasteiger partial charge on any atom is -0.410 e. The quantitative estimate of drug-likeness (QED) is 0.865. The number of rotatable bonds is 2. The molecule has 1 amide bonds. The van der Waals surface area contributed by atoms with Crippen LogP contribution in [0.15, 0.2) is 48.5 Å². The average Bonchev–Trinajstić information content (AvgIpc) is 2.32. The molecule has 0 fully saturated rings. The van der Waals surface area contributed by atoms with Crippen LogP contribution < -0.4 is 10.1 Å². The lowest BCUT2D eigenvalue weighted by Crippen LogP contribution is -2.16. The van der Waals surface area contributed by atoms with Gasteiger partial charge in [0.05, 0.1) is 0 Å². The predicted molar refractivity (Wildman–Crippen MR) is 72.0 cm³/mol. The molecule has 3 heteroatoms. The van der Waals surface area contributed by atoms with Crippen LogP contribution in [0, 0.1) is 13.8 Å². The second kappa shape index (κ2) is 5.36. The molecule has 3 nitrogen and oxygen atoms in total. The van der Waals surface area contributed by atoms with E-state index < -0.39 is 6.09 Å². The second-order valence-electron chi connectivity index (χ2n) is 4.20. The normalized spacial score (nSPS) is 9.89. The summed E-state index contributed by atoms with van der Waals surface area (Å²) < 4.78 is 5.18. The Bertz CT molecular complexity index is 547. The molecule has 0 spiro atoms. The number of amides is 1. The van der Waals surface area contributed by atoms with E-state index in [4.69, 9.17) is 4.74 Å². The molecule has 2 rings (SSSR count). The molecule has 0 heterocycles. The molecule has 0 aliphatic carbocycles. The third-order valence-corrected chi connectivity index (χ3v) is 2.50. The van der Waals surface area contributed by atoms with Gasteiger partial charge in [-0.15, -0.1) is 0 Å². The molecule has 0 aliphatic rings. The number of aryl methyl sites for hydroxylation is 2. The lowest BCUT2D eigenvalue weighted by molar-refractivity contribution is 0.215. The van der Waals surface area contributed by atoms with Gasteiger partial charge < -0.3 is 4.74 Å². The summed E-state index contributed by atoms with van der Waals surface area (Å²) in [4.78, 5) is 11.6. The molecule has 0 saturated carbocycles. The third kappa shape index (κ3) is 3.35. The monoisotopic (exact) mass is 241 g/mol. The Labute approximate surface area is 106 Å². The van der Waals surface area contributed by atoms with Gasteiger partial charge in [-0.1, -0.05) is 29.8 Å². The van der Waals surface area contributed by atoms with Gasteiger partial charge in [0.25, 0.3) is 0 Å². The first-order valence-electron chi connectivity index (χ1n) is 5.76. The molecule has 0 unspecified atom stereocenters. The zero-order chi connectivity index (χ0) is 13.0. The van der Waals surface area contributed by atoms with Crippen LogP contribution in [0.25, 0.3) is 0 Å². The highest BCUT2D eigenvalue weighted by molar-refractivity contribution is 5.86. The highest BCUT2D eigenvalue weighted by atomic mass is 16.6. The molecule has 0 aromatic heterocycles. The molecule has 0 saturated heterocycles. The zero-order valence-corrected chi connectivity index (χ0v) is 10.4. The maximum absolute atomic E-state index is 11.6. The zero-order valence-electron chi connectivity index (χ0n) is 10.4. The molecule has 92 valence electrons. The van der Waals surface area contributed by atoms with Gasteiger partial charge >= 0.3 is 6.09 Å². The first kappa shape index (κ1) is 12.2. The molecule has 0 bridgehead atoms. The minimum atomic E-state index is -0.482. The third-order valence-electron chi connectivity index (χ3n) is 2.50. The van der Waals surface area contributed by atoms with Crippen LogP contribution in [0.5, 0.6) is 5.75 Å². The van der Waals surface area contributed by atoms with E-state index in [0.29, 0.717) is 5.75 Å². The van der Waals surface area contributed by atoms with Crippen LogP contribution in [0.4, 0.5) is 10.5 Å². The van der Waals surface area contributed by atoms with E-state index in [-0.39, 0.29) is 0 Å². The molecule has 2 aromatic rings. The van der Waals surface area contributed by atoms with Gasteiger partial charge in [0, 0.05) is 5.69 Å². The molecular weight excluding hydrogens is 226 g/mol. The van der Waals surface area contributed by atoms with E-state index in [2.05, 4.69) is 5.32 Å². The summed E-state index contributed by atoms with van der Waals surface area (Å²) in [5.74, 6) is 0.541. The number of benzene rings is 2. The van der Waals surface area contributed by atoms with Gasteiger partial charge in [0.1, 0.15) is 5.75 Å². The Balaban J connectivity index is 1.98. The number of hydrogen-bond donors (Lipinski definition) is 1. The van der Waals surface area contributed by atoms with Crippen molar-refractivity contribution in [3.8, 4) is 5.75 Å². The maximum Gasteiger partial charge on any atom is 0.417 e. The molecule has 0 aliphatic heterocycles. The number of carbonyl (C=O) groups excluding carboxylic acids is 1. The van der Waals surface area contributed by atoms with Crippen molar-refractivity contribution in [2.45, 2.75) is 13.8 Å². The van der Waals surface area contributed by atoms with Crippen molar-refractivity contribution in [1.82, 2.24) is 0 Å². The van der Waals surface area contributed by atoms with Crippen LogP contribution in [0.2, 0.25) is 0 Å². The first-order chi connectivity index (χ1) is 8.63. The minimum absolute atomic E-state index is 0.482.